The molecule has 1 aromatic carbocycles. The molecule has 3 rings (SSSR count). The molecule has 0 aliphatic heterocycles. The van der Waals surface area contributed by atoms with Gasteiger partial charge in [-0.05, 0) is 38.1 Å². The van der Waals surface area contributed by atoms with Gasteiger partial charge < -0.3 is 11.1 Å². The van der Waals surface area contributed by atoms with Crippen LogP contribution in [0.15, 0.2) is 53.7 Å². The molecule has 2 aromatic heterocycles. The summed E-state index contributed by atoms with van der Waals surface area (Å²) in [6, 6.07) is 11.9. The predicted molar refractivity (Wildman–Crippen MR) is 104 cm³/mol. The Morgan fingerprint density at radius 1 is 0.963 bits per heavy atom. The zero-order valence-electron chi connectivity index (χ0n) is 14.8. The molecule has 9 nitrogen and oxygen atoms in total. The number of hydrogen-bond acceptors (Lipinski definition) is 8. The molecular weight excluding hydrogens is 366 g/mol. The van der Waals surface area contributed by atoms with Crippen LogP contribution < -0.4 is 21.3 Å². The number of anilines is 4. The molecular formula is C17H19N7O2S. The maximum atomic E-state index is 12.4. The van der Waals surface area contributed by atoms with Crippen LogP contribution in [-0.4, -0.2) is 23.4 Å². The monoisotopic (exact) mass is 385 g/mol. The van der Waals surface area contributed by atoms with Crippen molar-refractivity contribution in [1.29, 1.82) is 0 Å². The topological polar surface area (TPSA) is 135 Å². The summed E-state index contributed by atoms with van der Waals surface area (Å²) in [4.78, 5) is 14.7. The number of aromatic nitrogens is 3. The quantitative estimate of drug-likeness (QED) is 0.474. The number of rotatable bonds is 6. The first-order chi connectivity index (χ1) is 12.8. The lowest BCUT2D eigenvalue weighted by molar-refractivity contribution is 0.587. The molecule has 0 radical (unpaired) electrons. The minimum Gasteiger partial charge on any atom is -0.393 e. The van der Waals surface area contributed by atoms with Gasteiger partial charge in [-0.1, -0.05) is 23.8 Å². The van der Waals surface area contributed by atoms with Gasteiger partial charge in [0.2, 0.25) is 0 Å². The average molecular weight is 385 g/mol. The standard InChI is InChI=1S/C17H19N7O2S/c1-11-6-8-13(9-7-11)27(25,26)24-23-17-15(18)16(19-10-20-17)22-14-5-3-4-12(2)21-14/h3-10,24H,18H2,1-2H3,(H2,19,20,21,22,23). The van der Waals surface area contributed by atoms with Gasteiger partial charge in [0.15, 0.2) is 11.6 Å². The molecule has 0 saturated heterocycles. The van der Waals surface area contributed by atoms with E-state index in [1.807, 2.05) is 26.0 Å². The van der Waals surface area contributed by atoms with Crippen molar-refractivity contribution in [1.82, 2.24) is 19.8 Å². The molecule has 0 amide bonds. The highest BCUT2D eigenvalue weighted by atomic mass is 32.2. The Balaban J connectivity index is 1.77. The molecule has 0 spiro atoms. The fourth-order valence-corrected chi connectivity index (χ4v) is 3.06. The van der Waals surface area contributed by atoms with Gasteiger partial charge in [0, 0.05) is 5.69 Å². The molecule has 5 N–H and O–H groups in total. The van der Waals surface area contributed by atoms with Gasteiger partial charge in [-0.25, -0.2) is 23.4 Å². The minimum atomic E-state index is -3.78. The van der Waals surface area contributed by atoms with Crippen LogP contribution in [0.5, 0.6) is 0 Å². The number of hydrazine groups is 1. The molecule has 2 heterocycles. The molecule has 0 bridgehead atoms. The summed E-state index contributed by atoms with van der Waals surface area (Å²) in [6.45, 7) is 3.74. The molecule has 0 unspecified atom stereocenters. The smallest absolute Gasteiger partial charge is 0.257 e. The van der Waals surface area contributed by atoms with E-state index in [-0.39, 0.29) is 16.4 Å². The van der Waals surface area contributed by atoms with Crippen LogP contribution in [0.25, 0.3) is 0 Å². The van der Waals surface area contributed by atoms with Crippen molar-refractivity contribution in [3.8, 4) is 0 Å². The van der Waals surface area contributed by atoms with E-state index in [1.165, 1.54) is 18.5 Å². The first-order valence-corrected chi connectivity index (χ1v) is 9.49. The number of nitrogens with two attached hydrogens (primary N) is 1. The average Bonchev–Trinajstić information content (AvgIpc) is 2.63. The Morgan fingerprint density at radius 3 is 2.37 bits per heavy atom. The molecule has 0 aliphatic carbocycles. The Morgan fingerprint density at radius 2 is 1.67 bits per heavy atom. The van der Waals surface area contributed by atoms with Crippen LogP contribution in [0.3, 0.4) is 0 Å². The SMILES string of the molecule is Cc1ccc(S(=O)(=O)NNc2ncnc(Nc3cccc(C)n3)c2N)cc1. The summed E-state index contributed by atoms with van der Waals surface area (Å²) >= 11 is 0. The van der Waals surface area contributed by atoms with Crippen molar-refractivity contribution >= 4 is 33.2 Å². The lowest BCUT2D eigenvalue weighted by Crippen LogP contribution is -2.30. The van der Waals surface area contributed by atoms with Gasteiger partial charge >= 0.3 is 0 Å². The van der Waals surface area contributed by atoms with Gasteiger partial charge in [-0.15, -0.1) is 4.83 Å². The highest BCUT2D eigenvalue weighted by molar-refractivity contribution is 7.89. The number of hydrogen-bond donors (Lipinski definition) is 4. The van der Waals surface area contributed by atoms with Gasteiger partial charge in [0.25, 0.3) is 10.0 Å². The molecule has 140 valence electrons. The van der Waals surface area contributed by atoms with Crippen molar-refractivity contribution in [2.45, 2.75) is 18.7 Å². The van der Waals surface area contributed by atoms with Crippen molar-refractivity contribution in [3.05, 3.63) is 60.0 Å². The van der Waals surface area contributed by atoms with Crippen LogP contribution in [-0.2, 0) is 10.0 Å². The number of benzene rings is 1. The van der Waals surface area contributed by atoms with Gasteiger partial charge in [0.1, 0.15) is 17.8 Å². The Kier molecular flexibility index (Phi) is 5.19. The van der Waals surface area contributed by atoms with Gasteiger partial charge in [-0.2, -0.15) is 0 Å². The summed E-state index contributed by atoms with van der Waals surface area (Å²) in [7, 11) is -3.78. The molecule has 0 atom stereocenters. The van der Waals surface area contributed by atoms with Crippen LogP contribution in [0.4, 0.5) is 23.1 Å². The van der Waals surface area contributed by atoms with E-state index < -0.39 is 10.0 Å². The van der Waals surface area contributed by atoms with Crippen molar-refractivity contribution in [2.24, 2.45) is 0 Å². The van der Waals surface area contributed by atoms with E-state index in [1.54, 1.807) is 18.2 Å². The number of aryl methyl sites for hydroxylation is 2. The van der Waals surface area contributed by atoms with Crippen LogP contribution >= 0.6 is 0 Å². The number of sulfonamides is 1. The Labute approximate surface area is 157 Å². The second kappa shape index (κ2) is 7.56. The largest absolute Gasteiger partial charge is 0.393 e. The van der Waals surface area contributed by atoms with Crippen molar-refractivity contribution < 1.29 is 8.42 Å². The number of nitrogens with one attached hydrogen (secondary N) is 3. The minimum absolute atomic E-state index is 0.121. The second-order valence-corrected chi connectivity index (χ2v) is 7.50. The van der Waals surface area contributed by atoms with Crippen LogP contribution in [0.2, 0.25) is 0 Å². The number of nitrogens with zero attached hydrogens (tertiary/aromatic N) is 3. The summed E-state index contributed by atoms with van der Waals surface area (Å²) in [6.07, 6.45) is 1.26. The second-order valence-electron chi connectivity index (χ2n) is 5.82. The number of nitrogen functional groups attached to an aromatic ring is 1. The van der Waals surface area contributed by atoms with E-state index in [2.05, 4.69) is 30.5 Å². The van der Waals surface area contributed by atoms with E-state index in [0.717, 1.165) is 11.3 Å². The first-order valence-electron chi connectivity index (χ1n) is 8.01. The van der Waals surface area contributed by atoms with E-state index in [4.69, 9.17) is 5.73 Å². The molecule has 27 heavy (non-hydrogen) atoms. The summed E-state index contributed by atoms with van der Waals surface area (Å²) in [5.41, 5.74) is 10.5. The van der Waals surface area contributed by atoms with Crippen molar-refractivity contribution in [2.75, 3.05) is 16.5 Å². The molecule has 3 aromatic rings. The Bertz CT molecular complexity index is 1050. The van der Waals surface area contributed by atoms with Crippen LogP contribution in [0, 0.1) is 13.8 Å². The molecule has 0 fully saturated rings. The first kappa shape index (κ1) is 18.5. The summed E-state index contributed by atoms with van der Waals surface area (Å²) in [5.74, 6) is 0.988. The van der Waals surface area contributed by atoms with Gasteiger partial charge in [-0.3, -0.25) is 5.43 Å². The number of pyridine rings is 1. The fraction of sp³-hybridized carbons (Fsp3) is 0.118. The van der Waals surface area contributed by atoms with E-state index in [0.29, 0.717) is 11.6 Å². The molecule has 0 saturated carbocycles. The summed E-state index contributed by atoms with van der Waals surface area (Å²) in [5, 5.41) is 2.98. The Hall–Kier alpha value is -3.24. The lowest BCUT2D eigenvalue weighted by Gasteiger charge is -2.13. The highest BCUT2D eigenvalue weighted by Crippen LogP contribution is 2.24. The van der Waals surface area contributed by atoms with E-state index >= 15 is 0 Å². The van der Waals surface area contributed by atoms with E-state index in [9.17, 15) is 8.42 Å². The van der Waals surface area contributed by atoms with Crippen molar-refractivity contribution in [3.63, 3.8) is 0 Å². The molecule has 0 aliphatic rings. The van der Waals surface area contributed by atoms with Gasteiger partial charge in [0.05, 0.1) is 4.90 Å². The summed E-state index contributed by atoms with van der Waals surface area (Å²) < 4.78 is 24.7. The third kappa shape index (κ3) is 4.49. The zero-order chi connectivity index (χ0) is 19.4. The normalized spacial score (nSPS) is 11.2. The maximum absolute atomic E-state index is 12.4. The fourth-order valence-electron chi connectivity index (χ4n) is 2.22. The lowest BCUT2D eigenvalue weighted by atomic mass is 10.2. The van der Waals surface area contributed by atoms with Crippen LogP contribution in [0.1, 0.15) is 11.3 Å². The third-order valence-electron chi connectivity index (χ3n) is 3.65. The third-order valence-corrected chi connectivity index (χ3v) is 4.92. The highest BCUT2D eigenvalue weighted by Gasteiger charge is 2.15. The maximum Gasteiger partial charge on any atom is 0.257 e. The molecule has 10 heteroatoms. The predicted octanol–water partition coefficient (Wildman–Crippen LogP) is 2.12. The zero-order valence-corrected chi connectivity index (χ0v) is 15.6.